The van der Waals surface area contributed by atoms with Crippen LogP contribution >= 0.6 is 0 Å². The lowest BCUT2D eigenvalue weighted by molar-refractivity contribution is -0.384. The Balaban J connectivity index is 2.74. The van der Waals surface area contributed by atoms with Gasteiger partial charge in [0, 0.05) is 25.4 Å². The highest BCUT2D eigenvalue weighted by molar-refractivity contribution is 7.90. The molecule has 2 N–H and O–H groups in total. The summed E-state index contributed by atoms with van der Waals surface area (Å²) in [5.41, 5.74) is -0.128. The van der Waals surface area contributed by atoms with Crippen LogP contribution in [-0.4, -0.2) is 43.4 Å². The molecule has 0 bridgehead atoms. The molecule has 0 fully saturated rings. The number of pyridine rings is 1. The zero-order chi connectivity index (χ0) is 15.9. The summed E-state index contributed by atoms with van der Waals surface area (Å²) in [7, 11) is -3.03. The summed E-state index contributed by atoms with van der Waals surface area (Å²) < 4.78 is 22.1. The molecule has 0 atom stereocenters. The maximum Gasteiger partial charge on any atom is 0.311 e. The van der Waals surface area contributed by atoms with Crippen LogP contribution < -0.4 is 10.6 Å². The number of nitro groups is 1. The van der Waals surface area contributed by atoms with Gasteiger partial charge >= 0.3 is 5.69 Å². The number of hydrogen-bond acceptors (Lipinski definition) is 7. The largest absolute Gasteiger partial charge is 0.370 e. The molecular formula is C12H20N4O4S. The van der Waals surface area contributed by atoms with E-state index in [2.05, 4.69) is 15.6 Å². The Bertz CT molecular complexity index is 589. The minimum atomic E-state index is -3.03. The van der Waals surface area contributed by atoms with Crippen molar-refractivity contribution in [3.8, 4) is 0 Å². The van der Waals surface area contributed by atoms with E-state index in [1.807, 2.05) is 6.92 Å². The minimum absolute atomic E-state index is 0.0293. The Kier molecular flexibility index (Phi) is 6.35. The van der Waals surface area contributed by atoms with Crippen LogP contribution in [0.5, 0.6) is 0 Å². The minimum Gasteiger partial charge on any atom is -0.370 e. The second-order valence-electron chi connectivity index (χ2n) is 4.66. The molecule has 0 radical (unpaired) electrons. The topological polar surface area (TPSA) is 114 Å². The lowest BCUT2D eigenvalue weighted by Crippen LogP contribution is -2.12. The predicted molar refractivity (Wildman–Crippen MR) is 82.5 cm³/mol. The highest BCUT2D eigenvalue weighted by Crippen LogP contribution is 2.23. The maximum absolute atomic E-state index is 11.0. The third-order valence-electron chi connectivity index (χ3n) is 2.61. The van der Waals surface area contributed by atoms with Gasteiger partial charge in [-0.2, -0.15) is 0 Å². The van der Waals surface area contributed by atoms with Crippen LogP contribution in [0.3, 0.4) is 0 Å². The molecule has 0 aliphatic carbocycles. The molecule has 118 valence electrons. The van der Waals surface area contributed by atoms with Crippen LogP contribution in [0, 0.1) is 10.1 Å². The summed E-state index contributed by atoms with van der Waals surface area (Å²) in [5.74, 6) is 0.726. The van der Waals surface area contributed by atoms with E-state index in [0.717, 1.165) is 19.2 Å². The molecular weight excluding hydrogens is 296 g/mol. The molecule has 21 heavy (non-hydrogen) atoms. The number of nitrogens with zero attached hydrogens (tertiary/aromatic N) is 2. The Morgan fingerprint density at radius 2 is 2.00 bits per heavy atom. The quantitative estimate of drug-likeness (QED) is 0.404. The van der Waals surface area contributed by atoms with Gasteiger partial charge in [0.25, 0.3) is 0 Å². The number of nitrogens with one attached hydrogen (secondary N) is 2. The average molecular weight is 316 g/mol. The molecule has 1 aromatic rings. The van der Waals surface area contributed by atoms with Crippen LogP contribution in [0.2, 0.25) is 0 Å². The molecule has 0 saturated carbocycles. The number of anilines is 2. The van der Waals surface area contributed by atoms with Crippen molar-refractivity contribution in [1.29, 1.82) is 0 Å². The summed E-state index contributed by atoms with van der Waals surface area (Å²) in [5, 5.41) is 16.8. The van der Waals surface area contributed by atoms with E-state index >= 15 is 0 Å². The lowest BCUT2D eigenvalue weighted by atomic mass is 10.3. The molecule has 1 rings (SSSR count). The molecule has 0 aliphatic rings. The Morgan fingerprint density at radius 3 is 2.57 bits per heavy atom. The average Bonchev–Trinajstić information content (AvgIpc) is 2.40. The summed E-state index contributed by atoms with van der Waals surface area (Å²) in [6.45, 7) is 3.03. The van der Waals surface area contributed by atoms with Gasteiger partial charge in [0.05, 0.1) is 10.7 Å². The number of rotatable bonds is 9. The van der Waals surface area contributed by atoms with Crippen molar-refractivity contribution in [2.75, 3.05) is 35.7 Å². The van der Waals surface area contributed by atoms with Gasteiger partial charge in [-0.25, -0.2) is 13.4 Å². The monoisotopic (exact) mass is 316 g/mol. The van der Waals surface area contributed by atoms with Crippen molar-refractivity contribution in [1.82, 2.24) is 4.98 Å². The van der Waals surface area contributed by atoms with E-state index < -0.39 is 14.8 Å². The van der Waals surface area contributed by atoms with Gasteiger partial charge in [0.2, 0.25) is 5.82 Å². The molecule has 0 aromatic carbocycles. The molecule has 0 saturated heterocycles. The van der Waals surface area contributed by atoms with Crippen molar-refractivity contribution in [2.45, 2.75) is 19.8 Å². The molecule has 1 heterocycles. The van der Waals surface area contributed by atoms with Gasteiger partial charge in [0.1, 0.15) is 15.7 Å². The first-order valence-electron chi connectivity index (χ1n) is 6.64. The zero-order valence-corrected chi connectivity index (χ0v) is 12.9. The van der Waals surface area contributed by atoms with Crippen molar-refractivity contribution in [3.05, 3.63) is 22.2 Å². The first-order valence-corrected chi connectivity index (χ1v) is 8.70. The summed E-state index contributed by atoms with van der Waals surface area (Å²) in [6, 6.07) is 2.93. The van der Waals surface area contributed by atoms with E-state index in [1.165, 1.54) is 6.07 Å². The Hall–Kier alpha value is -1.90. The summed E-state index contributed by atoms with van der Waals surface area (Å²) >= 11 is 0. The van der Waals surface area contributed by atoms with E-state index in [1.54, 1.807) is 6.07 Å². The summed E-state index contributed by atoms with van der Waals surface area (Å²) in [6.07, 6.45) is 2.43. The highest BCUT2D eigenvalue weighted by atomic mass is 32.2. The third-order valence-corrected chi connectivity index (χ3v) is 3.64. The van der Waals surface area contributed by atoms with Crippen molar-refractivity contribution < 1.29 is 13.3 Å². The molecule has 8 nitrogen and oxygen atoms in total. The Labute approximate surface area is 124 Å². The Morgan fingerprint density at radius 1 is 1.29 bits per heavy atom. The zero-order valence-electron chi connectivity index (χ0n) is 12.1. The normalized spacial score (nSPS) is 11.1. The van der Waals surface area contributed by atoms with Crippen LogP contribution in [-0.2, 0) is 9.84 Å². The van der Waals surface area contributed by atoms with Gasteiger partial charge in [-0.05, 0) is 18.9 Å². The van der Waals surface area contributed by atoms with E-state index in [0.29, 0.717) is 18.8 Å². The maximum atomic E-state index is 11.0. The molecule has 1 aromatic heterocycles. The van der Waals surface area contributed by atoms with Gasteiger partial charge in [-0.1, -0.05) is 6.92 Å². The highest BCUT2D eigenvalue weighted by Gasteiger charge is 2.15. The first-order chi connectivity index (χ1) is 9.83. The van der Waals surface area contributed by atoms with E-state index in [4.69, 9.17) is 0 Å². The van der Waals surface area contributed by atoms with Crippen LogP contribution in [0.25, 0.3) is 0 Å². The van der Waals surface area contributed by atoms with Gasteiger partial charge in [0.15, 0.2) is 0 Å². The third kappa shape index (κ3) is 6.39. The molecule has 9 heteroatoms. The van der Waals surface area contributed by atoms with Crippen molar-refractivity contribution >= 4 is 27.2 Å². The van der Waals surface area contributed by atoms with E-state index in [-0.39, 0.29) is 17.3 Å². The molecule has 0 unspecified atom stereocenters. The molecule has 0 aliphatic heterocycles. The van der Waals surface area contributed by atoms with Crippen LogP contribution in [0.4, 0.5) is 17.3 Å². The first kappa shape index (κ1) is 17.2. The number of aromatic nitrogens is 1. The lowest BCUT2D eigenvalue weighted by Gasteiger charge is -2.09. The predicted octanol–water partition coefficient (Wildman–Crippen LogP) is 1.66. The fourth-order valence-electron chi connectivity index (χ4n) is 1.62. The van der Waals surface area contributed by atoms with Crippen molar-refractivity contribution in [3.63, 3.8) is 0 Å². The van der Waals surface area contributed by atoms with Crippen molar-refractivity contribution in [2.24, 2.45) is 0 Å². The van der Waals surface area contributed by atoms with Crippen LogP contribution in [0.1, 0.15) is 19.8 Å². The smallest absolute Gasteiger partial charge is 0.311 e. The second-order valence-corrected chi connectivity index (χ2v) is 6.92. The molecule has 0 amide bonds. The molecule has 0 spiro atoms. The van der Waals surface area contributed by atoms with Crippen LogP contribution in [0.15, 0.2) is 12.1 Å². The van der Waals surface area contributed by atoms with Gasteiger partial charge in [-0.15, -0.1) is 0 Å². The standard InChI is InChI=1S/C12H20N4O4S/c1-3-7-13-11-6-5-10(16(17)18)12(15-11)14-8-4-9-21(2,19)20/h5-6H,3-4,7-9H2,1-2H3,(H2,13,14,15). The summed E-state index contributed by atoms with van der Waals surface area (Å²) in [4.78, 5) is 14.6. The number of sulfone groups is 1. The number of hydrogen-bond donors (Lipinski definition) is 2. The van der Waals surface area contributed by atoms with Gasteiger partial charge in [-0.3, -0.25) is 10.1 Å². The fraction of sp³-hybridized carbons (Fsp3) is 0.583. The fourth-order valence-corrected chi connectivity index (χ4v) is 2.29. The van der Waals surface area contributed by atoms with Gasteiger partial charge < -0.3 is 10.6 Å². The second kappa shape index (κ2) is 7.77. The SMILES string of the molecule is CCCNc1ccc([N+](=O)[O-])c(NCCCS(C)(=O)=O)n1. The van der Waals surface area contributed by atoms with E-state index in [9.17, 15) is 18.5 Å².